The van der Waals surface area contributed by atoms with Gasteiger partial charge in [-0.2, -0.15) is 0 Å². The van der Waals surface area contributed by atoms with E-state index in [0.717, 1.165) is 16.5 Å². The lowest BCUT2D eigenvalue weighted by molar-refractivity contribution is -0.143. The molecule has 4 amide bonds. The standard InChI is InChI=1S/C23H32N6O6/c1-12(2)20(23(34)35)29-22(33)17(7-8-18(25)30)28-19(31)11-27-21(32)15(24)9-13-10-26-16-6-4-3-5-14(13)16/h3-6,10,12,15,17,20,26H,7-9,11,24H2,1-2H3,(H2,25,30)(H,27,32)(H,28,31)(H,29,33)(H,34,35). The molecule has 1 aromatic heterocycles. The number of H-pyrrole nitrogens is 1. The van der Waals surface area contributed by atoms with Crippen LogP contribution in [-0.2, 0) is 30.4 Å². The number of carbonyl (C=O) groups is 5. The fourth-order valence-electron chi connectivity index (χ4n) is 3.50. The molecule has 0 aliphatic heterocycles. The summed E-state index contributed by atoms with van der Waals surface area (Å²) in [5, 5.41) is 17.4. The highest BCUT2D eigenvalue weighted by atomic mass is 16.4. The number of carbonyl (C=O) groups excluding carboxylic acids is 4. The van der Waals surface area contributed by atoms with E-state index in [1.54, 1.807) is 20.0 Å². The molecule has 1 aromatic carbocycles. The Balaban J connectivity index is 1.93. The number of hydrogen-bond acceptors (Lipinski definition) is 6. The van der Waals surface area contributed by atoms with Gasteiger partial charge in [0.25, 0.3) is 0 Å². The van der Waals surface area contributed by atoms with Gasteiger partial charge in [-0.1, -0.05) is 32.0 Å². The molecular weight excluding hydrogens is 456 g/mol. The van der Waals surface area contributed by atoms with Crippen molar-refractivity contribution in [2.75, 3.05) is 6.54 Å². The summed E-state index contributed by atoms with van der Waals surface area (Å²) in [5.74, 6) is -4.38. The second kappa shape index (κ2) is 12.5. The highest BCUT2D eigenvalue weighted by Crippen LogP contribution is 2.18. The van der Waals surface area contributed by atoms with Crippen molar-refractivity contribution in [3.05, 3.63) is 36.0 Å². The Morgan fingerprint density at radius 2 is 1.74 bits per heavy atom. The summed E-state index contributed by atoms with van der Waals surface area (Å²) in [4.78, 5) is 63.0. The van der Waals surface area contributed by atoms with Gasteiger partial charge in [0.15, 0.2) is 0 Å². The largest absolute Gasteiger partial charge is 0.480 e. The summed E-state index contributed by atoms with van der Waals surface area (Å²) >= 11 is 0. The molecule has 0 aliphatic carbocycles. The minimum atomic E-state index is -1.23. The van der Waals surface area contributed by atoms with E-state index < -0.39 is 60.2 Å². The molecule has 9 N–H and O–H groups in total. The maximum Gasteiger partial charge on any atom is 0.326 e. The molecule has 3 unspecified atom stereocenters. The lowest BCUT2D eigenvalue weighted by Gasteiger charge is -2.23. The second-order valence-electron chi connectivity index (χ2n) is 8.58. The molecule has 190 valence electrons. The number of fused-ring (bicyclic) bond motifs is 1. The molecule has 1 heterocycles. The van der Waals surface area contributed by atoms with Crippen LogP contribution in [0.4, 0.5) is 0 Å². The zero-order valence-corrected chi connectivity index (χ0v) is 19.7. The number of carboxylic acids is 1. The van der Waals surface area contributed by atoms with E-state index in [1.807, 2.05) is 24.3 Å². The van der Waals surface area contributed by atoms with Crippen LogP contribution >= 0.6 is 0 Å². The fourth-order valence-corrected chi connectivity index (χ4v) is 3.50. The molecular formula is C23H32N6O6. The molecule has 0 saturated carbocycles. The van der Waals surface area contributed by atoms with Crippen molar-refractivity contribution in [2.45, 2.75) is 51.2 Å². The average Bonchev–Trinajstić information content (AvgIpc) is 3.20. The van der Waals surface area contributed by atoms with Gasteiger partial charge in [-0.05, 0) is 30.4 Å². The van der Waals surface area contributed by atoms with Crippen LogP contribution in [-0.4, -0.2) is 64.4 Å². The smallest absolute Gasteiger partial charge is 0.326 e. The van der Waals surface area contributed by atoms with Gasteiger partial charge in [0, 0.05) is 23.5 Å². The Kier molecular flexibility index (Phi) is 9.76. The number of primary amides is 1. The topological polar surface area (TPSA) is 209 Å². The number of aromatic amines is 1. The van der Waals surface area contributed by atoms with Crippen LogP contribution in [0.2, 0.25) is 0 Å². The molecule has 0 aliphatic rings. The van der Waals surface area contributed by atoms with Gasteiger partial charge >= 0.3 is 5.97 Å². The summed E-state index contributed by atoms with van der Waals surface area (Å²) in [7, 11) is 0. The van der Waals surface area contributed by atoms with Crippen molar-refractivity contribution in [1.29, 1.82) is 0 Å². The van der Waals surface area contributed by atoms with Crippen molar-refractivity contribution in [3.63, 3.8) is 0 Å². The van der Waals surface area contributed by atoms with E-state index >= 15 is 0 Å². The summed E-state index contributed by atoms with van der Waals surface area (Å²) < 4.78 is 0. The minimum Gasteiger partial charge on any atom is -0.480 e. The van der Waals surface area contributed by atoms with Gasteiger partial charge in [-0.25, -0.2) is 4.79 Å². The zero-order chi connectivity index (χ0) is 26.1. The van der Waals surface area contributed by atoms with Gasteiger partial charge in [-0.3, -0.25) is 19.2 Å². The SMILES string of the molecule is CC(C)C(NC(=O)C(CCC(N)=O)NC(=O)CNC(=O)C(N)Cc1c[nH]c2ccccc12)C(=O)O. The fraction of sp³-hybridized carbons (Fsp3) is 0.435. The maximum atomic E-state index is 12.6. The third-order valence-corrected chi connectivity index (χ3v) is 5.44. The predicted molar refractivity (Wildman–Crippen MR) is 128 cm³/mol. The van der Waals surface area contributed by atoms with Crippen molar-refractivity contribution >= 4 is 40.5 Å². The second-order valence-corrected chi connectivity index (χ2v) is 8.58. The molecule has 3 atom stereocenters. The van der Waals surface area contributed by atoms with E-state index in [0.29, 0.717) is 0 Å². The van der Waals surface area contributed by atoms with E-state index in [1.165, 1.54) is 0 Å². The number of hydrogen-bond donors (Lipinski definition) is 7. The van der Waals surface area contributed by atoms with Crippen LogP contribution in [0.25, 0.3) is 10.9 Å². The van der Waals surface area contributed by atoms with Crippen molar-refractivity contribution in [2.24, 2.45) is 17.4 Å². The monoisotopic (exact) mass is 488 g/mol. The Morgan fingerprint density at radius 3 is 2.37 bits per heavy atom. The zero-order valence-electron chi connectivity index (χ0n) is 19.7. The maximum absolute atomic E-state index is 12.6. The van der Waals surface area contributed by atoms with Crippen LogP contribution in [0.15, 0.2) is 30.5 Å². The number of carboxylic acid groups (broad SMARTS) is 1. The first-order valence-corrected chi connectivity index (χ1v) is 11.2. The predicted octanol–water partition coefficient (Wildman–Crippen LogP) is -0.870. The Labute approximate surface area is 202 Å². The molecule has 0 spiro atoms. The van der Waals surface area contributed by atoms with Crippen LogP contribution in [0, 0.1) is 5.92 Å². The van der Waals surface area contributed by atoms with Gasteiger partial charge in [0.2, 0.25) is 23.6 Å². The van der Waals surface area contributed by atoms with E-state index in [2.05, 4.69) is 20.9 Å². The normalized spacial score (nSPS) is 13.6. The van der Waals surface area contributed by atoms with Gasteiger partial charge in [-0.15, -0.1) is 0 Å². The lowest BCUT2D eigenvalue weighted by Crippen LogP contribution is -2.55. The molecule has 12 nitrogen and oxygen atoms in total. The van der Waals surface area contributed by atoms with Gasteiger partial charge in [0.05, 0.1) is 12.6 Å². The van der Waals surface area contributed by atoms with E-state index in [4.69, 9.17) is 11.5 Å². The molecule has 0 bridgehead atoms. The first kappa shape index (κ1) is 27.3. The van der Waals surface area contributed by atoms with Crippen molar-refractivity contribution < 1.29 is 29.1 Å². The first-order chi connectivity index (χ1) is 16.5. The first-order valence-electron chi connectivity index (χ1n) is 11.2. The van der Waals surface area contributed by atoms with Crippen LogP contribution in [0.5, 0.6) is 0 Å². The molecule has 0 fully saturated rings. The van der Waals surface area contributed by atoms with Crippen LogP contribution < -0.4 is 27.4 Å². The number of benzene rings is 1. The molecule has 2 rings (SSSR count). The summed E-state index contributed by atoms with van der Waals surface area (Å²) in [5.41, 5.74) is 12.9. The number of para-hydroxylation sites is 1. The Morgan fingerprint density at radius 1 is 1.06 bits per heavy atom. The number of amides is 4. The summed E-state index contributed by atoms with van der Waals surface area (Å²) in [6.07, 6.45) is 1.67. The van der Waals surface area contributed by atoms with E-state index in [-0.39, 0.29) is 19.3 Å². The summed E-state index contributed by atoms with van der Waals surface area (Å²) in [6.45, 7) is 2.77. The number of rotatable bonds is 13. The van der Waals surface area contributed by atoms with Crippen LogP contribution in [0.1, 0.15) is 32.3 Å². The molecule has 35 heavy (non-hydrogen) atoms. The quantitative estimate of drug-likeness (QED) is 0.189. The molecule has 0 saturated heterocycles. The van der Waals surface area contributed by atoms with Crippen molar-refractivity contribution in [3.8, 4) is 0 Å². The Bertz CT molecular complexity index is 1080. The van der Waals surface area contributed by atoms with Gasteiger partial charge in [0.1, 0.15) is 12.1 Å². The molecule has 12 heteroatoms. The summed E-state index contributed by atoms with van der Waals surface area (Å²) in [6, 6.07) is 4.25. The number of aromatic nitrogens is 1. The molecule has 0 radical (unpaired) electrons. The Hall–Kier alpha value is -3.93. The average molecular weight is 489 g/mol. The van der Waals surface area contributed by atoms with Crippen LogP contribution in [0.3, 0.4) is 0 Å². The van der Waals surface area contributed by atoms with Crippen molar-refractivity contribution in [1.82, 2.24) is 20.9 Å². The molecule has 2 aromatic rings. The number of nitrogens with one attached hydrogen (secondary N) is 4. The third kappa shape index (κ3) is 8.10. The van der Waals surface area contributed by atoms with E-state index in [9.17, 15) is 29.1 Å². The van der Waals surface area contributed by atoms with Gasteiger partial charge < -0.3 is 37.5 Å². The third-order valence-electron chi connectivity index (χ3n) is 5.44. The highest BCUT2D eigenvalue weighted by Gasteiger charge is 2.29. The minimum absolute atomic E-state index is 0.134. The highest BCUT2D eigenvalue weighted by molar-refractivity contribution is 5.93. The number of aliphatic carboxylic acids is 1. The number of nitrogens with two attached hydrogens (primary N) is 2. The lowest BCUT2D eigenvalue weighted by atomic mass is 10.0.